The number of hydrogen-bond donors (Lipinski definition) is 3. The number of carbonyl (C=O) groups excluding carboxylic acids is 2. The highest BCUT2D eigenvalue weighted by atomic mass is 32.2. The summed E-state index contributed by atoms with van der Waals surface area (Å²) in [4.78, 5) is 25.7. The highest BCUT2D eigenvalue weighted by Crippen LogP contribution is 2.31. The number of nitrogens with one attached hydrogen (secondary N) is 2. The van der Waals surface area contributed by atoms with Crippen molar-refractivity contribution in [2.24, 2.45) is 5.73 Å². The molecule has 6 nitrogen and oxygen atoms in total. The summed E-state index contributed by atoms with van der Waals surface area (Å²) in [5.41, 5.74) is 5.20. The van der Waals surface area contributed by atoms with Crippen LogP contribution in [0.2, 0.25) is 0 Å². The highest BCUT2D eigenvalue weighted by molar-refractivity contribution is 7.98. The van der Waals surface area contributed by atoms with Crippen molar-refractivity contribution in [3.63, 3.8) is 0 Å². The largest absolute Gasteiger partial charge is 0.352 e. The van der Waals surface area contributed by atoms with Gasteiger partial charge in [-0.2, -0.15) is 11.8 Å². The molecule has 0 aliphatic heterocycles. The van der Waals surface area contributed by atoms with Gasteiger partial charge >= 0.3 is 6.03 Å². The quantitative estimate of drug-likeness (QED) is 0.623. The summed E-state index contributed by atoms with van der Waals surface area (Å²) in [6.07, 6.45) is 8.42. The molecule has 3 amide bonds. The molecule has 7 heteroatoms. The van der Waals surface area contributed by atoms with E-state index in [4.69, 9.17) is 5.73 Å². The van der Waals surface area contributed by atoms with Gasteiger partial charge in [0.25, 0.3) is 0 Å². The van der Waals surface area contributed by atoms with E-state index in [0.29, 0.717) is 13.0 Å². The second-order valence-corrected chi connectivity index (χ2v) is 7.23. The van der Waals surface area contributed by atoms with E-state index < -0.39 is 12.1 Å². The molecule has 1 aliphatic rings. The van der Waals surface area contributed by atoms with Crippen molar-refractivity contribution < 1.29 is 9.59 Å². The van der Waals surface area contributed by atoms with Crippen LogP contribution in [0.5, 0.6) is 0 Å². The molecular formula is C15H30N4O2S. The summed E-state index contributed by atoms with van der Waals surface area (Å²) in [6, 6.07) is -1.20. The zero-order chi connectivity index (χ0) is 16.6. The maximum absolute atomic E-state index is 12.4. The molecule has 0 bridgehead atoms. The van der Waals surface area contributed by atoms with E-state index in [1.54, 1.807) is 11.8 Å². The van der Waals surface area contributed by atoms with Gasteiger partial charge in [-0.15, -0.1) is 0 Å². The van der Waals surface area contributed by atoms with Crippen molar-refractivity contribution >= 4 is 23.7 Å². The Morgan fingerprint density at radius 2 is 1.91 bits per heavy atom. The number of carbonyl (C=O) groups is 2. The van der Waals surface area contributed by atoms with Crippen LogP contribution in [0.15, 0.2) is 0 Å². The molecule has 22 heavy (non-hydrogen) atoms. The van der Waals surface area contributed by atoms with Crippen molar-refractivity contribution in [2.75, 3.05) is 32.6 Å². The molecule has 0 aromatic heterocycles. The van der Waals surface area contributed by atoms with Gasteiger partial charge in [0, 0.05) is 12.1 Å². The van der Waals surface area contributed by atoms with Crippen LogP contribution in [-0.2, 0) is 4.79 Å². The van der Waals surface area contributed by atoms with Crippen LogP contribution in [0.4, 0.5) is 4.79 Å². The van der Waals surface area contributed by atoms with Gasteiger partial charge in [0.15, 0.2) is 0 Å². The minimum Gasteiger partial charge on any atom is -0.352 e. The number of likely N-dealkylation sites (N-methyl/N-ethyl adjacent to an activating group) is 1. The summed E-state index contributed by atoms with van der Waals surface area (Å²) in [7, 11) is 4.15. The van der Waals surface area contributed by atoms with Gasteiger partial charge in [-0.1, -0.05) is 19.3 Å². The number of amides is 3. The number of hydrogen-bond acceptors (Lipinski definition) is 4. The van der Waals surface area contributed by atoms with Crippen molar-refractivity contribution in [1.29, 1.82) is 0 Å². The molecule has 128 valence electrons. The summed E-state index contributed by atoms with van der Waals surface area (Å²) < 4.78 is 0. The highest BCUT2D eigenvalue weighted by Gasteiger charge is 2.35. The molecular weight excluding hydrogens is 300 g/mol. The second-order valence-electron chi connectivity index (χ2n) is 6.24. The van der Waals surface area contributed by atoms with Crippen LogP contribution in [-0.4, -0.2) is 61.1 Å². The predicted octanol–water partition coefficient (Wildman–Crippen LogP) is 1.16. The number of nitrogens with zero attached hydrogens (tertiary/aromatic N) is 1. The summed E-state index contributed by atoms with van der Waals surface area (Å²) in [5.74, 6) is 0.664. The van der Waals surface area contributed by atoms with Crippen molar-refractivity contribution in [1.82, 2.24) is 15.5 Å². The third-order valence-corrected chi connectivity index (χ3v) is 5.21. The predicted molar refractivity (Wildman–Crippen MR) is 92.0 cm³/mol. The molecule has 1 fully saturated rings. The Labute approximate surface area is 137 Å². The van der Waals surface area contributed by atoms with Gasteiger partial charge in [0.1, 0.15) is 6.04 Å². The van der Waals surface area contributed by atoms with E-state index >= 15 is 0 Å². The summed E-state index contributed by atoms with van der Waals surface area (Å²) >= 11 is 1.64. The molecule has 0 heterocycles. The van der Waals surface area contributed by atoms with Crippen molar-refractivity contribution in [3.8, 4) is 0 Å². The first-order chi connectivity index (χ1) is 10.4. The molecule has 0 saturated heterocycles. The second kappa shape index (κ2) is 9.25. The summed E-state index contributed by atoms with van der Waals surface area (Å²) in [5, 5.41) is 5.57. The Hall–Kier alpha value is -0.950. The van der Waals surface area contributed by atoms with E-state index in [2.05, 4.69) is 29.6 Å². The van der Waals surface area contributed by atoms with Crippen LogP contribution >= 0.6 is 11.8 Å². The topological polar surface area (TPSA) is 87.5 Å². The lowest BCUT2D eigenvalue weighted by atomic mass is 9.80. The lowest BCUT2D eigenvalue weighted by molar-refractivity contribution is -0.123. The van der Waals surface area contributed by atoms with Gasteiger partial charge < -0.3 is 21.3 Å². The smallest absolute Gasteiger partial charge is 0.312 e. The van der Waals surface area contributed by atoms with Crippen LogP contribution in [0.3, 0.4) is 0 Å². The fourth-order valence-electron chi connectivity index (χ4n) is 3.04. The molecule has 4 N–H and O–H groups in total. The first kappa shape index (κ1) is 19.1. The lowest BCUT2D eigenvalue weighted by Crippen LogP contribution is -2.57. The number of primary amides is 1. The van der Waals surface area contributed by atoms with Crippen LogP contribution in [0, 0.1) is 0 Å². The first-order valence-electron chi connectivity index (χ1n) is 7.91. The van der Waals surface area contributed by atoms with E-state index in [-0.39, 0.29) is 11.4 Å². The average Bonchev–Trinajstić information content (AvgIpc) is 2.49. The van der Waals surface area contributed by atoms with Crippen molar-refractivity contribution in [3.05, 3.63) is 0 Å². The minimum absolute atomic E-state index is 0.0324. The fraction of sp³-hybridized carbons (Fsp3) is 0.867. The Balaban J connectivity index is 2.61. The number of nitrogens with two attached hydrogens (primary N) is 1. The molecule has 1 aliphatic carbocycles. The Morgan fingerprint density at radius 1 is 1.27 bits per heavy atom. The molecule has 1 unspecified atom stereocenters. The van der Waals surface area contributed by atoms with E-state index in [0.717, 1.165) is 18.6 Å². The standard InChI is InChI=1S/C15H30N4O2S/c1-19(2)15(8-5-4-6-9-15)11-17-13(20)12(7-10-22-3)18-14(16)21/h12H,4-11H2,1-3H3,(H,17,20)(H3,16,18,21). The first-order valence-corrected chi connectivity index (χ1v) is 9.31. The molecule has 0 aromatic carbocycles. The lowest BCUT2D eigenvalue weighted by Gasteiger charge is -2.43. The van der Waals surface area contributed by atoms with E-state index in [1.165, 1.54) is 19.3 Å². The number of thioether (sulfide) groups is 1. The molecule has 1 saturated carbocycles. The SMILES string of the molecule is CSCCC(NC(N)=O)C(=O)NCC1(N(C)C)CCCCC1. The number of rotatable bonds is 8. The molecule has 0 aromatic rings. The third-order valence-electron chi connectivity index (χ3n) is 4.57. The van der Waals surface area contributed by atoms with Crippen LogP contribution < -0.4 is 16.4 Å². The maximum atomic E-state index is 12.4. The van der Waals surface area contributed by atoms with E-state index in [9.17, 15) is 9.59 Å². The van der Waals surface area contributed by atoms with Gasteiger partial charge in [0.05, 0.1) is 0 Å². The molecule has 1 atom stereocenters. The normalized spacial score (nSPS) is 18.7. The third kappa shape index (κ3) is 5.68. The Morgan fingerprint density at radius 3 is 2.41 bits per heavy atom. The Bertz CT molecular complexity index is 371. The zero-order valence-corrected chi connectivity index (χ0v) is 14.8. The summed E-state index contributed by atoms with van der Waals surface area (Å²) in [6.45, 7) is 0.620. The van der Waals surface area contributed by atoms with Gasteiger partial charge in [-0.3, -0.25) is 4.79 Å². The van der Waals surface area contributed by atoms with Crippen LogP contribution in [0.1, 0.15) is 38.5 Å². The van der Waals surface area contributed by atoms with Crippen LogP contribution in [0.25, 0.3) is 0 Å². The number of urea groups is 1. The van der Waals surface area contributed by atoms with Crippen molar-refractivity contribution in [2.45, 2.75) is 50.1 Å². The molecule has 0 radical (unpaired) electrons. The van der Waals surface area contributed by atoms with Gasteiger partial charge in [0.2, 0.25) is 5.91 Å². The van der Waals surface area contributed by atoms with Gasteiger partial charge in [-0.25, -0.2) is 4.79 Å². The fourth-order valence-corrected chi connectivity index (χ4v) is 3.51. The monoisotopic (exact) mass is 330 g/mol. The average molecular weight is 330 g/mol. The zero-order valence-electron chi connectivity index (χ0n) is 14.0. The molecule has 1 rings (SSSR count). The Kier molecular flexibility index (Phi) is 8.03. The molecule has 0 spiro atoms. The van der Waals surface area contributed by atoms with E-state index in [1.807, 2.05) is 6.26 Å². The maximum Gasteiger partial charge on any atom is 0.312 e. The minimum atomic E-state index is -0.652. The van der Waals surface area contributed by atoms with Gasteiger partial charge in [-0.05, 0) is 45.4 Å².